The number of nitro benzene ring substituents is 2. The highest BCUT2D eigenvalue weighted by molar-refractivity contribution is 5.86. The third kappa shape index (κ3) is 4.56. The van der Waals surface area contributed by atoms with E-state index >= 15 is 0 Å². The summed E-state index contributed by atoms with van der Waals surface area (Å²) < 4.78 is 4.81. The van der Waals surface area contributed by atoms with Gasteiger partial charge in [0, 0.05) is 18.2 Å². The fourth-order valence-electron chi connectivity index (χ4n) is 1.39. The van der Waals surface area contributed by atoms with E-state index < -0.39 is 21.5 Å². The molecule has 0 spiro atoms. The summed E-state index contributed by atoms with van der Waals surface area (Å²) in [6.45, 7) is 5.01. The second-order valence-corrected chi connectivity index (χ2v) is 4.06. The third-order valence-electron chi connectivity index (χ3n) is 2.39. The number of nitrogens with zero attached hydrogens (tertiary/aromatic N) is 2. The Bertz CT molecular complexity index is 599. The minimum Gasteiger partial charge on any atom is -0.460 e. The van der Waals surface area contributed by atoms with Crippen LogP contribution in [-0.2, 0) is 9.53 Å². The number of nitrogens with one attached hydrogen (secondary N) is 1. The summed E-state index contributed by atoms with van der Waals surface area (Å²) in [4.78, 5) is 31.1. The maximum absolute atomic E-state index is 11.1. The summed E-state index contributed by atoms with van der Waals surface area (Å²) in [6, 6.07) is 3.24. The van der Waals surface area contributed by atoms with Crippen molar-refractivity contribution < 1.29 is 19.4 Å². The number of non-ortho nitro benzene ring substituents is 1. The molecule has 0 unspecified atom stereocenters. The van der Waals surface area contributed by atoms with Gasteiger partial charge in [0.15, 0.2) is 0 Å². The average Bonchev–Trinajstić information content (AvgIpc) is 2.42. The number of carbonyl (C=O) groups is 1. The van der Waals surface area contributed by atoms with Gasteiger partial charge in [-0.3, -0.25) is 20.2 Å². The van der Waals surface area contributed by atoms with Crippen molar-refractivity contribution in [3.8, 4) is 0 Å². The molecule has 0 atom stereocenters. The number of benzene rings is 1. The van der Waals surface area contributed by atoms with Gasteiger partial charge in [-0.25, -0.2) is 4.79 Å². The van der Waals surface area contributed by atoms with Crippen molar-refractivity contribution in [1.82, 2.24) is 0 Å². The van der Waals surface area contributed by atoms with E-state index in [2.05, 4.69) is 11.9 Å². The Hall–Kier alpha value is -2.97. The predicted octanol–water partition coefficient (Wildman–Crippen LogP) is 2.03. The zero-order valence-electron chi connectivity index (χ0n) is 11.2. The highest BCUT2D eigenvalue weighted by atomic mass is 16.6. The van der Waals surface area contributed by atoms with Crippen molar-refractivity contribution in [2.24, 2.45) is 0 Å². The molecule has 0 amide bonds. The molecule has 0 aliphatic carbocycles. The van der Waals surface area contributed by atoms with Crippen LogP contribution in [0.4, 0.5) is 17.1 Å². The monoisotopic (exact) mass is 295 g/mol. The first kappa shape index (κ1) is 16.1. The standard InChI is InChI=1S/C12H13N3O6/c1-8(2)12(16)21-6-5-13-10-4-3-9(14(17)18)7-11(10)15(19)20/h3-4,7,13H,1,5-6H2,2H3. The van der Waals surface area contributed by atoms with Crippen molar-refractivity contribution in [1.29, 1.82) is 0 Å². The Labute approximate surface area is 119 Å². The molecule has 9 nitrogen and oxygen atoms in total. The predicted molar refractivity (Wildman–Crippen MR) is 74.0 cm³/mol. The molecule has 21 heavy (non-hydrogen) atoms. The molecule has 0 saturated heterocycles. The van der Waals surface area contributed by atoms with Gasteiger partial charge >= 0.3 is 5.97 Å². The normalized spacial score (nSPS) is 9.76. The van der Waals surface area contributed by atoms with Crippen molar-refractivity contribution in [2.75, 3.05) is 18.5 Å². The molecule has 112 valence electrons. The van der Waals surface area contributed by atoms with Gasteiger partial charge in [-0.1, -0.05) is 6.58 Å². The Morgan fingerprint density at radius 1 is 1.33 bits per heavy atom. The molecular formula is C12H13N3O6. The molecule has 1 aromatic rings. The molecule has 0 aliphatic rings. The van der Waals surface area contributed by atoms with Crippen LogP contribution in [0.2, 0.25) is 0 Å². The molecule has 0 fully saturated rings. The van der Waals surface area contributed by atoms with Crippen LogP contribution in [0.15, 0.2) is 30.4 Å². The van der Waals surface area contributed by atoms with E-state index in [9.17, 15) is 25.0 Å². The lowest BCUT2D eigenvalue weighted by Gasteiger charge is -2.08. The highest BCUT2D eigenvalue weighted by Crippen LogP contribution is 2.28. The topological polar surface area (TPSA) is 125 Å². The van der Waals surface area contributed by atoms with Gasteiger partial charge in [0.25, 0.3) is 11.4 Å². The fourth-order valence-corrected chi connectivity index (χ4v) is 1.39. The first-order valence-corrected chi connectivity index (χ1v) is 5.82. The minimum atomic E-state index is -0.727. The van der Waals surface area contributed by atoms with E-state index in [1.54, 1.807) is 0 Å². The molecule has 0 radical (unpaired) electrons. The Morgan fingerprint density at radius 2 is 2.00 bits per heavy atom. The van der Waals surface area contributed by atoms with E-state index in [1.165, 1.54) is 13.0 Å². The number of carbonyl (C=O) groups excluding carboxylic acids is 1. The first-order chi connectivity index (χ1) is 9.82. The number of rotatable bonds is 7. The first-order valence-electron chi connectivity index (χ1n) is 5.82. The second kappa shape index (κ2) is 6.98. The zero-order valence-corrected chi connectivity index (χ0v) is 11.2. The van der Waals surface area contributed by atoms with Crippen LogP contribution in [0.1, 0.15) is 6.92 Å². The molecule has 0 aromatic heterocycles. The van der Waals surface area contributed by atoms with Crippen LogP contribution < -0.4 is 5.32 Å². The second-order valence-electron chi connectivity index (χ2n) is 4.06. The molecule has 0 aliphatic heterocycles. The number of hydrogen-bond donors (Lipinski definition) is 1. The van der Waals surface area contributed by atoms with Crippen LogP contribution in [-0.4, -0.2) is 29.0 Å². The van der Waals surface area contributed by atoms with E-state index in [1.807, 2.05) is 0 Å². The molecule has 0 heterocycles. The summed E-state index contributed by atoms with van der Waals surface area (Å²) in [6.07, 6.45) is 0. The highest BCUT2D eigenvalue weighted by Gasteiger charge is 2.19. The van der Waals surface area contributed by atoms with Crippen LogP contribution >= 0.6 is 0 Å². The minimum absolute atomic E-state index is 0.0141. The van der Waals surface area contributed by atoms with Gasteiger partial charge in [-0.2, -0.15) is 0 Å². The van der Waals surface area contributed by atoms with Gasteiger partial charge in [-0.05, 0) is 13.0 Å². The van der Waals surface area contributed by atoms with Gasteiger partial charge < -0.3 is 10.1 Å². The third-order valence-corrected chi connectivity index (χ3v) is 2.39. The van der Waals surface area contributed by atoms with Crippen LogP contribution in [0.5, 0.6) is 0 Å². The summed E-state index contributed by atoms with van der Waals surface area (Å²) in [5.74, 6) is -0.560. The SMILES string of the molecule is C=C(C)C(=O)OCCNc1ccc([N+](=O)[O-])cc1[N+](=O)[O-]. The van der Waals surface area contributed by atoms with Gasteiger partial charge in [0.1, 0.15) is 12.3 Å². The largest absolute Gasteiger partial charge is 0.460 e. The summed E-state index contributed by atoms with van der Waals surface area (Å²) in [7, 11) is 0. The molecule has 1 N–H and O–H groups in total. The fraction of sp³-hybridized carbons (Fsp3) is 0.250. The molecule has 1 rings (SSSR count). The van der Waals surface area contributed by atoms with Crippen LogP contribution in [0.25, 0.3) is 0 Å². The lowest BCUT2D eigenvalue weighted by Crippen LogP contribution is -2.14. The summed E-state index contributed by atoms with van der Waals surface area (Å²) in [5.41, 5.74) is -0.440. The van der Waals surface area contributed by atoms with E-state index in [0.29, 0.717) is 0 Å². The zero-order chi connectivity index (χ0) is 16.0. The van der Waals surface area contributed by atoms with Gasteiger partial charge in [0.2, 0.25) is 0 Å². The number of ether oxygens (including phenoxy) is 1. The Morgan fingerprint density at radius 3 is 2.52 bits per heavy atom. The van der Waals surface area contributed by atoms with E-state index in [0.717, 1.165) is 12.1 Å². The number of esters is 1. The average molecular weight is 295 g/mol. The lowest BCUT2D eigenvalue weighted by atomic mass is 10.2. The van der Waals surface area contributed by atoms with Crippen LogP contribution in [0.3, 0.4) is 0 Å². The molecule has 9 heteroatoms. The van der Waals surface area contributed by atoms with E-state index in [-0.39, 0.29) is 30.1 Å². The quantitative estimate of drug-likeness (QED) is 0.268. The van der Waals surface area contributed by atoms with Gasteiger partial charge in [0.05, 0.1) is 15.9 Å². The summed E-state index contributed by atoms with van der Waals surface area (Å²) in [5, 5.41) is 24.1. The van der Waals surface area contributed by atoms with Crippen LogP contribution in [0, 0.1) is 20.2 Å². The maximum atomic E-state index is 11.1. The smallest absolute Gasteiger partial charge is 0.333 e. The van der Waals surface area contributed by atoms with Crippen molar-refractivity contribution in [3.63, 3.8) is 0 Å². The number of nitro groups is 2. The maximum Gasteiger partial charge on any atom is 0.333 e. The van der Waals surface area contributed by atoms with Crippen molar-refractivity contribution in [2.45, 2.75) is 6.92 Å². The number of hydrogen-bond acceptors (Lipinski definition) is 7. The molecule has 0 saturated carbocycles. The van der Waals surface area contributed by atoms with Crippen molar-refractivity contribution in [3.05, 3.63) is 50.6 Å². The Balaban J connectivity index is 2.70. The van der Waals surface area contributed by atoms with E-state index in [4.69, 9.17) is 4.74 Å². The molecule has 1 aromatic carbocycles. The molecular weight excluding hydrogens is 282 g/mol. The molecule has 0 bridgehead atoms. The lowest BCUT2D eigenvalue weighted by molar-refractivity contribution is -0.393. The van der Waals surface area contributed by atoms with Gasteiger partial charge in [-0.15, -0.1) is 0 Å². The Kier molecular flexibility index (Phi) is 5.35. The summed E-state index contributed by atoms with van der Waals surface area (Å²) >= 11 is 0. The van der Waals surface area contributed by atoms with Crippen molar-refractivity contribution >= 4 is 23.0 Å². The number of anilines is 1.